The topological polar surface area (TPSA) is 20.3 Å². The van der Waals surface area contributed by atoms with Gasteiger partial charge in [-0.3, -0.25) is 9.69 Å². The van der Waals surface area contributed by atoms with Crippen molar-refractivity contribution in [1.29, 1.82) is 0 Å². The monoisotopic (exact) mass is 123 g/mol. The number of rotatable bonds is 3. The molecule has 0 aromatic rings. The highest BCUT2D eigenvalue weighted by Crippen LogP contribution is 1.89. The van der Waals surface area contributed by atoms with Gasteiger partial charge < -0.3 is 0 Å². The van der Waals surface area contributed by atoms with Crippen LogP contribution in [0, 0.1) is 0 Å². The van der Waals surface area contributed by atoms with Crippen LogP contribution in [0.5, 0.6) is 0 Å². The Kier molecular flexibility index (Phi) is 3.13. The molecule has 0 saturated carbocycles. The second kappa shape index (κ2) is 3.66. The van der Waals surface area contributed by atoms with E-state index in [9.17, 15) is 4.79 Å². The van der Waals surface area contributed by atoms with Crippen molar-refractivity contribution < 1.29 is 4.79 Å². The number of carbonyl (C=O) groups excluding carboxylic acids is 1. The lowest BCUT2D eigenvalue weighted by Gasteiger charge is -2.06. The maximum absolute atomic E-state index is 10.6. The molecule has 0 aliphatic heterocycles. The molecule has 0 heterocycles. The van der Waals surface area contributed by atoms with Crippen LogP contribution in [-0.4, -0.2) is 10.8 Å². The summed E-state index contributed by atoms with van der Waals surface area (Å²) in [5.41, 5.74) is 0. The normalized spacial score (nSPS) is 7.56. The second-order valence-corrected chi connectivity index (χ2v) is 1.31. The van der Waals surface area contributed by atoms with Gasteiger partial charge in [0, 0.05) is 12.4 Å². The molecule has 0 aromatic carbocycles. The third-order valence-corrected chi connectivity index (χ3v) is 0.822. The zero-order valence-corrected chi connectivity index (χ0v) is 5.21. The van der Waals surface area contributed by atoms with Crippen LogP contribution >= 0.6 is 0 Å². The lowest BCUT2D eigenvalue weighted by atomic mass is 10.5. The van der Waals surface area contributed by atoms with Crippen molar-refractivity contribution in [2.75, 3.05) is 0 Å². The summed E-state index contributed by atoms with van der Waals surface area (Å²) >= 11 is 0. The molecule has 1 amide bonds. The summed E-state index contributed by atoms with van der Waals surface area (Å²) < 4.78 is 0. The van der Waals surface area contributed by atoms with Crippen molar-refractivity contribution in [3.05, 3.63) is 38.2 Å². The summed E-state index contributed by atoms with van der Waals surface area (Å²) in [4.78, 5) is 11.9. The summed E-state index contributed by atoms with van der Waals surface area (Å²) in [6.07, 6.45) is 3.94. The Labute approximate surface area is 54.8 Å². The van der Waals surface area contributed by atoms with Gasteiger partial charge in [0.15, 0.2) is 0 Å². The Hall–Kier alpha value is -1.31. The molecule has 0 saturated heterocycles. The van der Waals surface area contributed by atoms with Gasteiger partial charge in [0.05, 0.1) is 0 Å². The van der Waals surface area contributed by atoms with Crippen LogP contribution < -0.4 is 0 Å². The van der Waals surface area contributed by atoms with E-state index < -0.39 is 0 Å². The van der Waals surface area contributed by atoms with Crippen molar-refractivity contribution in [3.63, 3.8) is 0 Å². The summed E-state index contributed by atoms with van der Waals surface area (Å²) in [6, 6.07) is 0. The molecule has 0 aliphatic carbocycles. The Morgan fingerprint density at radius 3 is 1.78 bits per heavy atom. The van der Waals surface area contributed by atoms with E-state index in [1.165, 1.54) is 23.4 Å². The smallest absolute Gasteiger partial charge is 0.253 e. The highest BCUT2D eigenvalue weighted by molar-refractivity contribution is 5.88. The van der Waals surface area contributed by atoms with Gasteiger partial charge in [0.2, 0.25) is 0 Å². The molecule has 0 fully saturated rings. The van der Waals surface area contributed by atoms with Crippen LogP contribution in [0.2, 0.25) is 0 Å². The molecule has 2 nitrogen and oxygen atoms in total. The minimum atomic E-state index is -0.222. The average Bonchev–Trinajstić information content (AvgIpc) is 1.90. The van der Waals surface area contributed by atoms with E-state index in [1.807, 2.05) is 0 Å². The Bertz CT molecular complexity index is 141. The summed E-state index contributed by atoms with van der Waals surface area (Å²) in [7, 11) is 0. The molecular weight excluding hydrogens is 114 g/mol. The highest BCUT2D eigenvalue weighted by Gasteiger charge is 1.97. The lowest BCUT2D eigenvalue weighted by molar-refractivity contribution is -0.121. The predicted molar refractivity (Wildman–Crippen MR) is 37.4 cm³/mol. The number of carbonyl (C=O) groups is 1. The fourth-order valence-corrected chi connectivity index (χ4v) is 0.360. The van der Waals surface area contributed by atoms with Gasteiger partial charge in [-0.1, -0.05) is 19.7 Å². The highest BCUT2D eigenvalue weighted by atomic mass is 16.2. The zero-order chi connectivity index (χ0) is 7.28. The van der Waals surface area contributed by atoms with Gasteiger partial charge in [-0.2, -0.15) is 0 Å². The van der Waals surface area contributed by atoms with E-state index in [4.69, 9.17) is 0 Å². The maximum Gasteiger partial charge on any atom is 0.253 e. The summed E-state index contributed by atoms with van der Waals surface area (Å²) in [5, 5.41) is 0. The molecule has 0 bridgehead atoms. The van der Waals surface area contributed by atoms with E-state index in [-0.39, 0.29) is 5.91 Å². The molecule has 0 aromatic heterocycles. The first-order valence-electron chi connectivity index (χ1n) is 2.46. The SMILES string of the molecule is C=CC(=O)N(C=C)C=C. The molecule has 48 valence electrons. The Morgan fingerprint density at radius 1 is 1.22 bits per heavy atom. The van der Waals surface area contributed by atoms with Crippen molar-refractivity contribution in [3.8, 4) is 0 Å². The first-order chi connectivity index (χ1) is 4.26. The quantitative estimate of drug-likeness (QED) is 0.518. The van der Waals surface area contributed by atoms with Gasteiger partial charge in [-0.25, -0.2) is 0 Å². The van der Waals surface area contributed by atoms with E-state index >= 15 is 0 Å². The molecule has 9 heavy (non-hydrogen) atoms. The largest absolute Gasteiger partial charge is 0.292 e. The van der Waals surface area contributed by atoms with Crippen LogP contribution in [0.25, 0.3) is 0 Å². The van der Waals surface area contributed by atoms with E-state index in [0.717, 1.165) is 0 Å². The van der Waals surface area contributed by atoms with Crippen LogP contribution in [0.4, 0.5) is 0 Å². The molecule has 0 atom stereocenters. The standard InChI is InChI=1S/C7H9NO/c1-4-7(9)8(5-2)6-3/h4-6H,1-3H2. The van der Waals surface area contributed by atoms with Crippen LogP contribution in [0.15, 0.2) is 38.2 Å². The lowest BCUT2D eigenvalue weighted by Crippen LogP contribution is -2.15. The molecule has 0 spiro atoms. The van der Waals surface area contributed by atoms with E-state index in [1.54, 1.807) is 0 Å². The van der Waals surface area contributed by atoms with Crippen molar-refractivity contribution in [2.45, 2.75) is 0 Å². The van der Waals surface area contributed by atoms with Crippen molar-refractivity contribution in [2.24, 2.45) is 0 Å². The van der Waals surface area contributed by atoms with Gasteiger partial charge in [-0.05, 0) is 6.08 Å². The average molecular weight is 123 g/mol. The zero-order valence-electron chi connectivity index (χ0n) is 5.21. The third-order valence-electron chi connectivity index (χ3n) is 0.822. The minimum Gasteiger partial charge on any atom is -0.292 e. The first-order valence-corrected chi connectivity index (χ1v) is 2.46. The molecule has 0 radical (unpaired) electrons. The Balaban J connectivity index is 4.09. The molecule has 0 N–H and O–H groups in total. The minimum absolute atomic E-state index is 0.222. The van der Waals surface area contributed by atoms with Gasteiger partial charge >= 0.3 is 0 Å². The Morgan fingerprint density at radius 2 is 1.67 bits per heavy atom. The molecular formula is C7H9NO. The first kappa shape index (κ1) is 7.69. The van der Waals surface area contributed by atoms with Crippen LogP contribution in [0.1, 0.15) is 0 Å². The van der Waals surface area contributed by atoms with E-state index in [0.29, 0.717) is 0 Å². The summed E-state index contributed by atoms with van der Waals surface area (Å²) in [5.74, 6) is -0.222. The van der Waals surface area contributed by atoms with Crippen molar-refractivity contribution >= 4 is 5.91 Å². The third kappa shape index (κ3) is 1.95. The molecule has 2 heteroatoms. The number of hydrogen-bond donors (Lipinski definition) is 0. The van der Waals surface area contributed by atoms with Crippen LogP contribution in [0.3, 0.4) is 0 Å². The molecule has 0 rings (SSSR count). The second-order valence-electron chi connectivity index (χ2n) is 1.31. The van der Waals surface area contributed by atoms with Crippen LogP contribution in [-0.2, 0) is 4.79 Å². The number of hydrogen-bond acceptors (Lipinski definition) is 1. The van der Waals surface area contributed by atoms with Gasteiger partial charge in [0.1, 0.15) is 0 Å². The number of amides is 1. The van der Waals surface area contributed by atoms with Gasteiger partial charge in [-0.15, -0.1) is 0 Å². The molecule has 0 unspecified atom stereocenters. The van der Waals surface area contributed by atoms with E-state index in [2.05, 4.69) is 19.7 Å². The summed E-state index contributed by atoms with van der Waals surface area (Å²) in [6.45, 7) is 10.1. The van der Waals surface area contributed by atoms with Gasteiger partial charge in [0.25, 0.3) is 5.91 Å². The predicted octanol–water partition coefficient (Wildman–Crippen LogP) is 1.29. The maximum atomic E-state index is 10.6. The fourth-order valence-electron chi connectivity index (χ4n) is 0.360. The number of nitrogens with zero attached hydrogens (tertiary/aromatic N) is 1. The molecule has 0 aliphatic rings. The van der Waals surface area contributed by atoms with Crippen molar-refractivity contribution in [1.82, 2.24) is 4.90 Å². The fraction of sp³-hybridized carbons (Fsp3) is 0.